The molecule has 0 aliphatic heterocycles. The molecule has 1 aromatic rings. The first-order chi connectivity index (χ1) is 4.74. The summed E-state index contributed by atoms with van der Waals surface area (Å²) in [6.07, 6.45) is 1.65. The molecule has 1 heterocycles. The second-order valence-electron chi connectivity index (χ2n) is 2.37. The first-order valence-corrected chi connectivity index (χ1v) is 3.27. The van der Waals surface area contributed by atoms with Gasteiger partial charge in [-0.25, -0.2) is 4.98 Å². The molecule has 1 rings (SSSR count). The molecule has 3 nitrogen and oxygen atoms in total. The largest absolute Gasteiger partial charge is 0.446 e. The lowest BCUT2D eigenvalue weighted by atomic mass is 10.1. The zero-order valence-corrected chi connectivity index (χ0v) is 6.16. The van der Waals surface area contributed by atoms with Crippen LogP contribution < -0.4 is 0 Å². The van der Waals surface area contributed by atoms with Crippen LogP contribution >= 0.6 is 0 Å². The molecular weight excluding hydrogens is 130 g/mol. The topological polar surface area (TPSA) is 46.3 Å². The van der Waals surface area contributed by atoms with Crippen LogP contribution in [0.25, 0.3) is 0 Å². The molecule has 0 aromatic carbocycles. The molecule has 0 saturated heterocycles. The Morgan fingerprint density at radius 3 is 2.90 bits per heavy atom. The van der Waals surface area contributed by atoms with Crippen molar-refractivity contribution in [2.24, 2.45) is 0 Å². The van der Waals surface area contributed by atoms with E-state index in [1.54, 1.807) is 13.1 Å². The highest BCUT2D eigenvalue weighted by molar-refractivity contribution is 4.99. The smallest absolute Gasteiger partial charge is 0.191 e. The maximum atomic E-state index is 8.71. The van der Waals surface area contributed by atoms with Crippen molar-refractivity contribution in [2.75, 3.05) is 6.61 Å². The maximum absolute atomic E-state index is 8.71. The average Bonchev–Trinajstić information content (AvgIpc) is 2.34. The summed E-state index contributed by atoms with van der Waals surface area (Å²) in [5.74, 6) is 1.46. The Morgan fingerprint density at radius 2 is 2.50 bits per heavy atom. The van der Waals surface area contributed by atoms with E-state index in [-0.39, 0.29) is 12.5 Å². The van der Waals surface area contributed by atoms with Crippen LogP contribution in [0, 0.1) is 6.92 Å². The molecule has 0 radical (unpaired) electrons. The van der Waals surface area contributed by atoms with Gasteiger partial charge in [0.15, 0.2) is 5.89 Å². The minimum atomic E-state index is 0.0567. The van der Waals surface area contributed by atoms with Gasteiger partial charge in [-0.15, -0.1) is 0 Å². The summed E-state index contributed by atoms with van der Waals surface area (Å²) in [6.45, 7) is 3.78. The fourth-order valence-electron chi connectivity index (χ4n) is 0.696. The zero-order chi connectivity index (χ0) is 7.56. The maximum Gasteiger partial charge on any atom is 0.191 e. The Balaban J connectivity index is 2.74. The van der Waals surface area contributed by atoms with Crippen LogP contribution in [0.15, 0.2) is 10.6 Å². The van der Waals surface area contributed by atoms with Crippen LogP contribution in [0.3, 0.4) is 0 Å². The van der Waals surface area contributed by atoms with Gasteiger partial charge in [0.25, 0.3) is 0 Å². The van der Waals surface area contributed by atoms with E-state index in [1.807, 2.05) is 6.92 Å². The van der Waals surface area contributed by atoms with Crippen molar-refractivity contribution in [3.8, 4) is 0 Å². The van der Waals surface area contributed by atoms with Gasteiger partial charge in [-0.05, 0) is 0 Å². The number of nitrogens with zero attached hydrogens (tertiary/aromatic N) is 1. The first-order valence-electron chi connectivity index (χ1n) is 3.27. The van der Waals surface area contributed by atoms with Gasteiger partial charge in [0.2, 0.25) is 0 Å². The van der Waals surface area contributed by atoms with Crippen LogP contribution in [0.5, 0.6) is 0 Å². The van der Waals surface area contributed by atoms with Crippen molar-refractivity contribution in [3.63, 3.8) is 0 Å². The Kier molecular flexibility index (Phi) is 2.06. The van der Waals surface area contributed by atoms with Crippen molar-refractivity contribution in [1.29, 1.82) is 0 Å². The average molecular weight is 141 g/mol. The lowest BCUT2D eigenvalue weighted by Gasteiger charge is -1.99. The van der Waals surface area contributed by atoms with Gasteiger partial charge in [0.05, 0.1) is 12.8 Å². The molecule has 1 atom stereocenters. The Hall–Kier alpha value is -0.830. The number of aliphatic hydroxyl groups is 1. The predicted octanol–water partition coefficient (Wildman–Crippen LogP) is 1.08. The fourth-order valence-corrected chi connectivity index (χ4v) is 0.696. The van der Waals surface area contributed by atoms with Crippen molar-refractivity contribution in [3.05, 3.63) is 17.8 Å². The third-order valence-corrected chi connectivity index (χ3v) is 1.40. The van der Waals surface area contributed by atoms with E-state index in [1.165, 1.54) is 0 Å². The summed E-state index contributed by atoms with van der Waals surface area (Å²) >= 11 is 0. The molecule has 1 N–H and O–H groups in total. The highest BCUT2D eigenvalue weighted by Gasteiger charge is 2.07. The van der Waals surface area contributed by atoms with Gasteiger partial charge in [0, 0.05) is 12.8 Å². The molecule has 56 valence electrons. The van der Waals surface area contributed by atoms with Crippen molar-refractivity contribution < 1.29 is 9.52 Å². The first kappa shape index (κ1) is 7.28. The van der Waals surface area contributed by atoms with Crippen LogP contribution in [0.1, 0.15) is 24.5 Å². The molecule has 10 heavy (non-hydrogen) atoms. The third kappa shape index (κ3) is 1.36. The van der Waals surface area contributed by atoms with E-state index < -0.39 is 0 Å². The van der Waals surface area contributed by atoms with Gasteiger partial charge in [0.1, 0.15) is 5.76 Å². The molecule has 1 unspecified atom stereocenters. The summed E-state index contributed by atoms with van der Waals surface area (Å²) in [5, 5.41) is 8.71. The number of hydrogen-bond donors (Lipinski definition) is 1. The highest BCUT2D eigenvalue weighted by atomic mass is 16.4. The lowest BCUT2D eigenvalue weighted by molar-refractivity contribution is 0.256. The molecule has 0 bridgehead atoms. The monoisotopic (exact) mass is 141 g/mol. The molecule has 0 spiro atoms. The summed E-state index contributed by atoms with van der Waals surface area (Å²) in [6, 6.07) is 0. The highest BCUT2D eigenvalue weighted by Crippen LogP contribution is 2.14. The molecule has 0 saturated carbocycles. The number of hydrogen-bond acceptors (Lipinski definition) is 3. The normalized spacial score (nSPS) is 13.5. The van der Waals surface area contributed by atoms with Gasteiger partial charge in [-0.2, -0.15) is 0 Å². The lowest BCUT2D eigenvalue weighted by Crippen LogP contribution is -1.96. The molecular formula is C7H11NO2. The predicted molar refractivity (Wildman–Crippen MR) is 36.7 cm³/mol. The van der Waals surface area contributed by atoms with Crippen molar-refractivity contribution >= 4 is 0 Å². The molecule has 1 aromatic heterocycles. The van der Waals surface area contributed by atoms with E-state index in [0.717, 1.165) is 5.76 Å². The third-order valence-electron chi connectivity index (χ3n) is 1.40. The number of oxazole rings is 1. The second kappa shape index (κ2) is 2.84. The number of rotatable bonds is 2. The SMILES string of the molecule is Cc1ncc(C(C)CO)o1. The van der Waals surface area contributed by atoms with Gasteiger partial charge in [-0.3, -0.25) is 0 Å². The van der Waals surface area contributed by atoms with E-state index in [2.05, 4.69) is 4.98 Å². The molecule has 0 aliphatic rings. The summed E-state index contributed by atoms with van der Waals surface area (Å²) in [5.41, 5.74) is 0. The molecule has 0 aliphatic carbocycles. The number of aromatic nitrogens is 1. The van der Waals surface area contributed by atoms with Crippen LogP contribution in [-0.4, -0.2) is 16.7 Å². The van der Waals surface area contributed by atoms with E-state index in [0.29, 0.717) is 5.89 Å². The summed E-state index contributed by atoms with van der Waals surface area (Å²) < 4.78 is 5.17. The van der Waals surface area contributed by atoms with Gasteiger partial charge < -0.3 is 9.52 Å². The minimum Gasteiger partial charge on any atom is -0.446 e. The van der Waals surface area contributed by atoms with E-state index in [4.69, 9.17) is 9.52 Å². The Morgan fingerprint density at radius 1 is 1.80 bits per heavy atom. The summed E-state index contributed by atoms with van der Waals surface area (Å²) in [7, 11) is 0. The fraction of sp³-hybridized carbons (Fsp3) is 0.571. The number of aryl methyl sites for hydroxylation is 1. The van der Waals surface area contributed by atoms with Crippen LogP contribution in [-0.2, 0) is 0 Å². The van der Waals surface area contributed by atoms with Gasteiger partial charge >= 0.3 is 0 Å². The number of aliphatic hydroxyl groups excluding tert-OH is 1. The van der Waals surface area contributed by atoms with E-state index in [9.17, 15) is 0 Å². The Labute approximate surface area is 59.7 Å². The molecule has 3 heteroatoms. The molecule has 0 fully saturated rings. The second-order valence-corrected chi connectivity index (χ2v) is 2.37. The summed E-state index contributed by atoms with van der Waals surface area (Å²) in [4.78, 5) is 3.91. The quantitative estimate of drug-likeness (QED) is 0.670. The van der Waals surface area contributed by atoms with Crippen molar-refractivity contribution in [2.45, 2.75) is 19.8 Å². The Bertz CT molecular complexity index is 207. The van der Waals surface area contributed by atoms with Crippen LogP contribution in [0.2, 0.25) is 0 Å². The zero-order valence-electron chi connectivity index (χ0n) is 6.16. The molecule has 0 amide bonds. The van der Waals surface area contributed by atoms with Crippen molar-refractivity contribution in [1.82, 2.24) is 4.98 Å². The van der Waals surface area contributed by atoms with Crippen LogP contribution in [0.4, 0.5) is 0 Å². The van der Waals surface area contributed by atoms with Gasteiger partial charge in [-0.1, -0.05) is 6.92 Å². The van der Waals surface area contributed by atoms with E-state index >= 15 is 0 Å². The minimum absolute atomic E-state index is 0.0567. The standard InChI is InChI=1S/C7H11NO2/c1-5(4-9)7-3-8-6(2)10-7/h3,5,9H,4H2,1-2H3.